The topological polar surface area (TPSA) is 28.2 Å². The van der Waals surface area contributed by atoms with Gasteiger partial charge in [-0.25, -0.2) is 4.98 Å². The highest BCUT2D eigenvalue weighted by molar-refractivity contribution is 6.29. The maximum absolute atomic E-state index is 5.80. The molecule has 0 aliphatic carbocycles. The Hall–Kier alpha value is -0.800. The molecule has 2 fully saturated rings. The fraction of sp³-hybridized carbons (Fsp3) is 0.583. The van der Waals surface area contributed by atoms with E-state index in [1.807, 2.05) is 12.3 Å². The molecule has 0 bridgehead atoms. The predicted octanol–water partition coefficient (Wildman–Crippen LogP) is 1.78. The third kappa shape index (κ3) is 1.89. The lowest BCUT2D eigenvalue weighted by Crippen LogP contribution is -2.40. The van der Waals surface area contributed by atoms with E-state index in [1.54, 1.807) is 0 Å². The monoisotopic (exact) mass is 237 g/mol. The van der Waals surface area contributed by atoms with E-state index in [9.17, 15) is 0 Å². The van der Waals surface area contributed by atoms with Crippen LogP contribution in [0.4, 0.5) is 5.69 Å². The fourth-order valence-corrected chi connectivity index (χ4v) is 2.94. The summed E-state index contributed by atoms with van der Waals surface area (Å²) in [7, 11) is 0. The van der Waals surface area contributed by atoms with Crippen LogP contribution in [-0.2, 0) is 0 Å². The van der Waals surface area contributed by atoms with Crippen molar-refractivity contribution >= 4 is 17.3 Å². The highest BCUT2D eigenvalue weighted by Gasteiger charge is 2.32. The molecule has 2 saturated heterocycles. The van der Waals surface area contributed by atoms with Crippen LogP contribution in [0.1, 0.15) is 6.42 Å². The number of anilines is 1. The van der Waals surface area contributed by atoms with Crippen LogP contribution in [-0.4, -0.2) is 31.2 Å². The zero-order valence-corrected chi connectivity index (χ0v) is 9.95. The van der Waals surface area contributed by atoms with Gasteiger partial charge in [0.1, 0.15) is 5.15 Å². The minimum atomic E-state index is 0.571. The number of halogens is 1. The summed E-state index contributed by atoms with van der Waals surface area (Å²) < 4.78 is 0. The molecule has 86 valence electrons. The van der Waals surface area contributed by atoms with Crippen molar-refractivity contribution < 1.29 is 0 Å². The number of aromatic nitrogens is 1. The number of hydrogen-bond donors (Lipinski definition) is 1. The van der Waals surface area contributed by atoms with E-state index < -0.39 is 0 Å². The molecular formula is C12H16ClN3. The van der Waals surface area contributed by atoms with E-state index in [0.29, 0.717) is 5.15 Å². The molecule has 0 unspecified atom stereocenters. The Morgan fingerprint density at radius 2 is 2.19 bits per heavy atom. The Morgan fingerprint density at radius 1 is 1.31 bits per heavy atom. The molecule has 2 atom stereocenters. The van der Waals surface area contributed by atoms with Gasteiger partial charge in [0.25, 0.3) is 0 Å². The molecule has 0 amide bonds. The average Bonchev–Trinajstić information content (AvgIpc) is 2.77. The third-order valence-corrected chi connectivity index (χ3v) is 4.00. The molecule has 0 radical (unpaired) electrons. The maximum atomic E-state index is 5.80. The van der Waals surface area contributed by atoms with E-state index in [0.717, 1.165) is 24.9 Å². The van der Waals surface area contributed by atoms with Crippen molar-refractivity contribution in [2.75, 3.05) is 31.1 Å². The zero-order chi connectivity index (χ0) is 11.0. The molecular weight excluding hydrogens is 222 g/mol. The molecule has 1 N–H and O–H groups in total. The molecule has 3 nitrogen and oxygen atoms in total. The van der Waals surface area contributed by atoms with E-state index in [1.165, 1.54) is 25.2 Å². The van der Waals surface area contributed by atoms with Gasteiger partial charge in [-0.2, -0.15) is 0 Å². The van der Waals surface area contributed by atoms with Gasteiger partial charge in [0.15, 0.2) is 0 Å². The van der Waals surface area contributed by atoms with Crippen LogP contribution in [0.2, 0.25) is 5.15 Å². The minimum absolute atomic E-state index is 0.571. The smallest absolute Gasteiger partial charge is 0.129 e. The van der Waals surface area contributed by atoms with Gasteiger partial charge in [-0.15, -0.1) is 0 Å². The van der Waals surface area contributed by atoms with Gasteiger partial charge in [-0.1, -0.05) is 11.6 Å². The van der Waals surface area contributed by atoms with Crippen molar-refractivity contribution in [3.8, 4) is 0 Å². The molecule has 16 heavy (non-hydrogen) atoms. The second-order valence-corrected chi connectivity index (χ2v) is 5.14. The van der Waals surface area contributed by atoms with Crippen LogP contribution in [0, 0.1) is 11.8 Å². The van der Waals surface area contributed by atoms with Gasteiger partial charge in [0.05, 0.1) is 11.9 Å². The van der Waals surface area contributed by atoms with Crippen LogP contribution in [0.15, 0.2) is 18.3 Å². The summed E-state index contributed by atoms with van der Waals surface area (Å²) in [5, 5.41) is 4.05. The van der Waals surface area contributed by atoms with E-state index >= 15 is 0 Å². The van der Waals surface area contributed by atoms with Gasteiger partial charge in [0.2, 0.25) is 0 Å². The Morgan fingerprint density at radius 3 is 3.00 bits per heavy atom. The fourth-order valence-electron chi connectivity index (χ4n) is 2.82. The normalized spacial score (nSPS) is 29.2. The van der Waals surface area contributed by atoms with E-state index in [2.05, 4.69) is 21.3 Å². The van der Waals surface area contributed by atoms with Crippen LogP contribution in [0.3, 0.4) is 0 Å². The van der Waals surface area contributed by atoms with Crippen molar-refractivity contribution in [2.24, 2.45) is 11.8 Å². The average molecular weight is 238 g/mol. The summed E-state index contributed by atoms with van der Waals surface area (Å²) in [5.74, 6) is 1.70. The first kappa shape index (κ1) is 10.4. The minimum Gasteiger partial charge on any atom is -0.370 e. The van der Waals surface area contributed by atoms with Gasteiger partial charge in [-0.05, 0) is 43.5 Å². The van der Waals surface area contributed by atoms with Gasteiger partial charge in [-0.3, -0.25) is 0 Å². The summed E-state index contributed by atoms with van der Waals surface area (Å²) >= 11 is 5.80. The van der Waals surface area contributed by atoms with Crippen LogP contribution >= 0.6 is 11.6 Å². The van der Waals surface area contributed by atoms with E-state index in [4.69, 9.17) is 11.6 Å². The van der Waals surface area contributed by atoms with Crippen LogP contribution in [0.5, 0.6) is 0 Å². The molecule has 4 heteroatoms. The van der Waals surface area contributed by atoms with Crippen molar-refractivity contribution in [3.63, 3.8) is 0 Å². The first-order valence-electron chi connectivity index (χ1n) is 5.90. The second kappa shape index (κ2) is 4.22. The standard InChI is InChI=1S/C12H16ClN3/c13-12-2-1-11(7-15-12)16-4-3-9-5-14-6-10(9)8-16/h1-2,7,9-10,14H,3-6,8H2/t9-,10-/m1/s1. The number of rotatable bonds is 1. The van der Waals surface area contributed by atoms with Crippen molar-refractivity contribution in [1.82, 2.24) is 10.3 Å². The second-order valence-electron chi connectivity index (χ2n) is 4.75. The van der Waals surface area contributed by atoms with Gasteiger partial charge < -0.3 is 10.2 Å². The van der Waals surface area contributed by atoms with Gasteiger partial charge >= 0.3 is 0 Å². The van der Waals surface area contributed by atoms with Crippen molar-refractivity contribution in [3.05, 3.63) is 23.5 Å². The number of nitrogens with one attached hydrogen (secondary N) is 1. The molecule has 2 aliphatic heterocycles. The largest absolute Gasteiger partial charge is 0.370 e. The summed E-state index contributed by atoms with van der Waals surface area (Å²) in [6, 6.07) is 3.94. The Balaban J connectivity index is 1.74. The summed E-state index contributed by atoms with van der Waals surface area (Å²) in [5.41, 5.74) is 1.20. The Kier molecular flexibility index (Phi) is 2.74. The highest BCUT2D eigenvalue weighted by atomic mass is 35.5. The van der Waals surface area contributed by atoms with E-state index in [-0.39, 0.29) is 0 Å². The summed E-state index contributed by atoms with van der Waals surface area (Å²) in [4.78, 5) is 6.58. The quantitative estimate of drug-likeness (QED) is 0.755. The number of pyridine rings is 1. The molecule has 3 heterocycles. The summed E-state index contributed by atoms with van der Waals surface area (Å²) in [6.45, 7) is 4.67. The first-order chi connectivity index (χ1) is 7.83. The zero-order valence-electron chi connectivity index (χ0n) is 9.19. The van der Waals surface area contributed by atoms with Crippen molar-refractivity contribution in [2.45, 2.75) is 6.42 Å². The molecule has 3 rings (SSSR count). The summed E-state index contributed by atoms with van der Waals surface area (Å²) in [6.07, 6.45) is 3.17. The predicted molar refractivity (Wildman–Crippen MR) is 65.9 cm³/mol. The lowest BCUT2D eigenvalue weighted by Gasteiger charge is -2.35. The number of piperidine rings is 1. The molecule has 0 spiro atoms. The molecule has 2 aliphatic rings. The lowest BCUT2D eigenvalue weighted by molar-refractivity contribution is 0.349. The number of nitrogens with zero attached hydrogens (tertiary/aromatic N) is 2. The maximum Gasteiger partial charge on any atom is 0.129 e. The molecule has 1 aromatic heterocycles. The van der Waals surface area contributed by atoms with Crippen LogP contribution in [0.25, 0.3) is 0 Å². The SMILES string of the molecule is Clc1ccc(N2CC[C@@H]3CNC[C@@H]3C2)cn1. The highest BCUT2D eigenvalue weighted by Crippen LogP contribution is 2.29. The lowest BCUT2D eigenvalue weighted by atomic mass is 9.88. The van der Waals surface area contributed by atoms with Crippen LogP contribution < -0.4 is 10.2 Å². The Bertz CT molecular complexity index is 365. The first-order valence-corrected chi connectivity index (χ1v) is 6.28. The number of hydrogen-bond acceptors (Lipinski definition) is 3. The Labute approximate surface area is 101 Å². The number of fused-ring (bicyclic) bond motifs is 1. The molecule has 1 aromatic rings. The molecule has 0 aromatic carbocycles. The van der Waals surface area contributed by atoms with Gasteiger partial charge in [0, 0.05) is 13.1 Å². The van der Waals surface area contributed by atoms with Crippen molar-refractivity contribution in [1.29, 1.82) is 0 Å². The molecule has 0 saturated carbocycles. The third-order valence-electron chi connectivity index (χ3n) is 3.78.